The van der Waals surface area contributed by atoms with Crippen LogP contribution in [0.25, 0.3) is 10.8 Å². The molecule has 0 amide bonds. The molecule has 30 saturated heterocycles. The first-order valence-electron chi connectivity index (χ1n) is 32.2. The minimum Gasteiger partial charge on any atom is -0.744 e. The van der Waals surface area contributed by atoms with E-state index < -0.39 is 314 Å². The predicted molar refractivity (Wildman–Crippen MR) is 311 cm³/mol. The maximum absolute atomic E-state index is 12.0. The molecule has 2 aromatic rings. The summed E-state index contributed by atoms with van der Waals surface area (Å²) in [5.74, 6) is -0.0776. The Morgan fingerprint density at radius 1 is 0.282 bits per heavy atom. The van der Waals surface area contributed by atoms with E-state index in [4.69, 9.17) is 80.5 Å². The fourth-order valence-corrected chi connectivity index (χ4v) is 14.0. The van der Waals surface area contributed by atoms with E-state index >= 15 is 0 Å². The average molecular weight is 1530 g/mol. The first-order chi connectivity index (χ1) is 48.5. The summed E-state index contributed by atoms with van der Waals surface area (Å²) in [6.45, 7) is -8.60. The van der Waals surface area contributed by atoms with Gasteiger partial charge in [0.15, 0.2) is 50.3 Å². The second kappa shape index (κ2) is 35.0. The predicted octanol–water partition coefficient (Wildman–Crippen LogP) is -18.3. The zero-order valence-corrected chi connectivity index (χ0v) is 56.9. The fraction of sp³-hybridized carbons (Fsp3) is 0.828. The Labute approximate surface area is 604 Å². The molecule has 30 aliphatic heterocycles. The van der Waals surface area contributed by atoms with Crippen molar-refractivity contribution in [2.45, 2.75) is 251 Å². The molecule has 23 N–H and O–H groups in total. The van der Waals surface area contributed by atoms with E-state index in [0.29, 0.717) is 5.39 Å². The minimum atomic E-state index is -4.96. The van der Waals surface area contributed by atoms with Gasteiger partial charge in [-0.25, -0.2) is 8.42 Å². The van der Waals surface area contributed by atoms with Gasteiger partial charge in [0.25, 0.3) is 0 Å². The molecule has 0 saturated carbocycles. The van der Waals surface area contributed by atoms with Gasteiger partial charge in [0.05, 0.1) is 51.1 Å². The van der Waals surface area contributed by atoms with Crippen LogP contribution in [-0.4, -0.2) is 429 Å². The number of benzene rings is 2. The van der Waals surface area contributed by atoms with Crippen LogP contribution in [0, 0.1) is 0 Å². The molecule has 103 heavy (non-hydrogen) atoms. The van der Waals surface area contributed by atoms with Gasteiger partial charge in [-0.1, -0.05) is 12.1 Å². The molecule has 30 fully saturated rings. The van der Waals surface area contributed by atoms with Crippen molar-refractivity contribution >= 4 is 20.9 Å². The number of hydrogen-bond donors (Lipinski definition) is 23. The van der Waals surface area contributed by atoms with Gasteiger partial charge in [-0.05, 0) is 35.0 Å². The molecule has 45 heteroatoms. The maximum atomic E-state index is 12.0. The first-order valence-corrected chi connectivity index (χ1v) is 33.7. The smallest absolute Gasteiger partial charge is 0.744 e. The maximum Gasteiger partial charge on any atom is 1.00 e. The summed E-state index contributed by atoms with van der Waals surface area (Å²) in [5.41, 5.74) is 0. The van der Waals surface area contributed by atoms with Crippen LogP contribution in [0.5, 0.6) is 5.75 Å². The molecule has 2 aromatic carbocycles. The largest absolute Gasteiger partial charge is 1.00 e. The molecule has 32 rings (SSSR count). The number of fused-ring (bicyclic) bond motifs is 1. The van der Waals surface area contributed by atoms with E-state index in [1.54, 1.807) is 0 Å². The van der Waals surface area contributed by atoms with Gasteiger partial charge in [-0.2, -0.15) is 0 Å². The topological polar surface area (TPSA) is 679 Å². The molecular formula is C58H85NaO43S. The van der Waals surface area contributed by atoms with Crippen LogP contribution in [-0.2, 0) is 85.9 Å². The van der Waals surface area contributed by atoms with Crippen LogP contribution >= 0.6 is 0 Å². The molecular weight excluding hydrogens is 1440 g/mol. The van der Waals surface area contributed by atoms with Gasteiger partial charge < -0.3 is 203 Å². The van der Waals surface area contributed by atoms with E-state index in [1.807, 2.05) is 0 Å². The number of aliphatic hydroxyl groups excluding tert-OH is 23. The second-order valence-corrected chi connectivity index (χ2v) is 27.1. The standard InChI is InChI=1S/C58H86O43S.Na/c59-7-19-43-27(66)35(74)51(86-19)95-44-20(8-60)88-53(37(76)29(44)68)97-46-22(10-62)90-55(39(78)31(46)70)99-48-24(12-64)92-57(41(80)33(48)72)101-50-26(14-85-17-3-1-15-2-4-18(102(82,83)84)6-16(15)5-17)93-58(42(81)34(50)73)100-49-25(13-65)91-56(40(79)32(49)71)98-47-23(11-63)89-54(38(77)30(47)69)96-45-21(9-61)87-52(94-43)36(75)28(45)67;/h1-6,19-81H,7-14H2,(H,82,83,84);/q;+1/p-1/t19-,20+,21-,22+,23-,24+,25-,26+,27+,28+,29+,30+,31+,32+,33-,34+,35+,36+,37+,38+,39+,40+,41+,42+,43+,44+,45+,46+,47+,48+,49+,50+,51+,52+,53+,54+,55+,56+,57+,58+;/m0./s1. The molecule has 40 atom stereocenters. The summed E-state index contributed by atoms with van der Waals surface area (Å²) in [5, 5.41) is 260. The average Bonchev–Trinajstić information content (AvgIpc) is 0.775. The van der Waals surface area contributed by atoms with Crippen molar-refractivity contribution in [1.29, 1.82) is 0 Å². The molecule has 0 aliphatic carbocycles. The van der Waals surface area contributed by atoms with Crippen LogP contribution in [0.3, 0.4) is 0 Å². The molecule has 582 valence electrons. The van der Waals surface area contributed by atoms with Crippen molar-refractivity contribution in [2.24, 2.45) is 0 Å². The zero-order chi connectivity index (χ0) is 73.8. The SMILES string of the molecule is O=S(=O)([O-])c1ccc2ccc(OC[C@H]3O[C@@H]4O[C@H]5[C@H](O)[C@@H](O)[C@@H](O[C@H]6[C@H](O)[C@@H](O)[C@@H](O[C@H]7[C@H](O)[C@@H](O)[C@@H](O[C@H]8[C@H](O)[C@@H](O)[C@@H](O[C@H]9[C@H](O)[C@@H](O)[C@@H](O[C@H]%10[C@H](O)[C@@H](O)[C@@H](O[C@H]%11[C@@H](O)[C@@H](O)[C@@H](O[C@H]3[C@H](O)[C@H]4O)O[C@@H]%11CO)O[C@@H]%10CO)O[C@@H]9CO)O[C@H]8CO)O[C@H]7CO)O[C@H]6CO)O[C@H]5CO)cc2c1.[Na+]. The van der Waals surface area contributed by atoms with Crippen LogP contribution < -0.4 is 34.3 Å². The van der Waals surface area contributed by atoms with Crippen LogP contribution in [0.15, 0.2) is 41.3 Å². The summed E-state index contributed by atoms with van der Waals surface area (Å²) >= 11 is 0. The van der Waals surface area contributed by atoms with E-state index in [1.165, 1.54) is 24.3 Å². The van der Waals surface area contributed by atoms with Gasteiger partial charge in [0, 0.05) is 0 Å². The van der Waals surface area contributed by atoms with Crippen molar-refractivity contribution in [3.63, 3.8) is 0 Å². The third-order valence-electron chi connectivity index (χ3n) is 19.2. The summed E-state index contributed by atoms with van der Waals surface area (Å²) in [7, 11) is -4.96. The molecule has 30 aliphatic rings. The minimum absolute atomic E-state index is 0. The third-order valence-corrected chi connectivity index (χ3v) is 20.0. The quantitative estimate of drug-likeness (QED) is 0.0734. The van der Waals surface area contributed by atoms with Crippen molar-refractivity contribution in [1.82, 2.24) is 0 Å². The Kier molecular flexibility index (Phi) is 28.4. The van der Waals surface area contributed by atoms with E-state index in [-0.39, 0.29) is 40.7 Å². The Morgan fingerprint density at radius 2 is 0.485 bits per heavy atom. The van der Waals surface area contributed by atoms with Gasteiger partial charge in [-0.3, -0.25) is 0 Å². The van der Waals surface area contributed by atoms with Gasteiger partial charge >= 0.3 is 29.6 Å². The van der Waals surface area contributed by atoms with E-state index in [9.17, 15) is 130 Å². The van der Waals surface area contributed by atoms with Gasteiger partial charge in [-0.15, -0.1) is 0 Å². The Morgan fingerprint density at radius 3 is 0.699 bits per heavy atom. The van der Waals surface area contributed by atoms with E-state index in [2.05, 4.69) is 0 Å². The monoisotopic (exact) mass is 1520 g/mol. The van der Waals surface area contributed by atoms with Crippen molar-refractivity contribution < 1.29 is 241 Å². The molecule has 0 spiro atoms. The number of rotatable bonds is 11. The first kappa shape index (κ1) is 83.3. The second-order valence-electron chi connectivity index (χ2n) is 25.7. The van der Waals surface area contributed by atoms with Crippen molar-refractivity contribution in [2.75, 3.05) is 52.9 Å². The van der Waals surface area contributed by atoms with Crippen LogP contribution in [0.1, 0.15) is 0 Å². The Bertz CT molecular complexity index is 3120. The fourth-order valence-electron chi connectivity index (χ4n) is 13.5. The normalized spacial score (nSPS) is 49.0. The van der Waals surface area contributed by atoms with Crippen LogP contribution in [0.4, 0.5) is 0 Å². The summed E-state index contributed by atoms with van der Waals surface area (Å²) in [6, 6.07) is 7.56. The number of aliphatic hydroxyl groups is 23. The van der Waals surface area contributed by atoms with Gasteiger partial charge in [0.1, 0.15) is 218 Å². The number of ether oxygens (including phenoxy) is 17. The summed E-state index contributed by atoms with van der Waals surface area (Å²) < 4.78 is 135. The van der Waals surface area contributed by atoms with E-state index in [0.717, 1.165) is 12.1 Å². The third kappa shape index (κ3) is 17.0. The summed E-state index contributed by atoms with van der Waals surface area (Å²) in [6.07, 6.45) is -84.0. The molecule has 16 bridgehead atoms. The molecule has 0 aromatic heterocycles. The summed E-state index contributed by atoms with van der Waals surface area (Å²) in [4.78, 5) is -0.609. The number of hydrogen-bond acceptors (Lipinski definition) is 43. The molecule has 30 heterocycles. The zero-order valence-electron chi connectivity index (χ0n) is 54.1. The Hall–Kier alpha value is -2.15. The Balaban J connectivity index is 0.0000114. The molecule has 0 radical (unpaired) electrons. The molecule has 43 nitrogen and oxygen atoms in total. The molecule has 0 unspecified atom stereocenters. The van der Waals surface area contributed by atoms with Gasteiger partial charge in [0.2, 0.25) is 0 Å². The van der Waals surface area contributed by atoms with Crippen molar-refractivity contribution in [3.8, 4) is 5.75 Å². The van der Waals surface area contributed by atoms with Crippen LogP contribution in [0.2, 0.25) is 0 Å². The van der Waals surface area contributed by atoms with Crippen molar-refractivity contribution in [3.05, 3.63) is 36.4 Å².